The molecule has 0 saturated carbocycles. The van der Waals surface area contributed by atoms with Gasteiger partial charge in [-0.1, -0.05) is 30.6 Å². The molecule has 0 amide bonds. The van der Waals surface area contributed by atoms with Crippen molar-refractivity contribution in [1.82, 2.24) is 20.4 Å². The summed E-state index contributed by atoms with van der Waals surface area (Å²) in [4.78, 5) is 8.69. The number of aromatic nitrogens is 3. The van der Waals surface area contributed by atoms with Crippen LogP contribution in [0.4, 0.5) is 0 Å². The van der Waals surface area contributed by atoms with E-state index in [0.29, 0.717) is 22.4 Å². The van der Waals surface area contributed by atoms with Gasteiger partial charge in [0.2, 0.25) is 11.7 Å². The van der Waals surface area contributed by atoms with Gasteiger partial charge in [-0.25, -0.2) is 0 Å². The zero-order valence-corrected chi connectivity index (χ0v) is 13.4. The summed E-state index contributed by atoms with van der Waals surface area (Å²) in [6.07, 6.45) is 3.69. The van der Waals surface area contributed by atoms with Crippen molar-refractivity contribution in [3.05, 3.63) is 29.2 Å². The largest absolute Gasteiger partial charge is 0.339 e. The molecule has 0 aliphatic heterocycles. The van der Waals surface area contributed by atoms with Crippen molar-refractivity contribution in [1.29, 1.82) is 0 Å². The number of halogens is 1. The van der Waals surface area contributed by atoms with Gasteiger partial charge in [0.1, 0.15) is 5.69 Å². The van der Waals surface area contributed by atoms with Crippen molar-refractivity contribution in [2.75, 3.05) is 6.54 Å². The van der Waals surface area contributed by atoms with Gasteiger partial charge in [0.05, 0.1) is 10.9 Å². The first kappa shape index (κ1) is 15.9. The molecule has 2 atom stereocenters. The molecule has 0 spiro atoms. The maximum Gasteiger partial charge on any atom is 0.231 e. The summed E-state index contributed by atoms with van der Waals surface area (Å²) in [7, 11) is 0. The van der Waals surface area contributed by atoms with E-state index in [9.17, 15) is 0 Å². The molecular weight excluding hydrogens is 288 g/mol. The van der Waals surface area contributed by atoms with Gasteiger partial charge in [-0.15, -0.1) is 0 Å². The van der Waals surface area contributed by atoms with Crippen molar-refractivity contribution in [2.24, 2.45) is 0 Å². The molecule has 1 N–H and O–H groups in total. The monoisotopic (exact) mass is 308 g/mol. The first-order valence-electron chi connectivity index (χ1n) is 7.35. The first-order valence-corrected chi connectivity index (χ1v) is 7.73. The molecule has 2 unspecified atom stereocenters. The molecule has 0 aromatic carbocycles. The Morgan fingerprint density at radius 3 is 2.86 bits per heavy atom. The Bertz CT molecular complexity index is 572. The van der Waals surface area contributed by atoms with Crippen LogP contribution in [0.2, 0.25) is 5.02 Å². The maximum atomic E-state index is 6.12. The van der Waals surface area contributed by atoms with Gasteiger partial charge in [0.25, 0.3) is 0 Å². The third kappa shape index (κ3) is 3.80. The van der Waals surface area contributed by atoms with E-state index in [1.165, 1.54) is 0 Å². The molecular formula is C15H21ClN4O. The SMILES string of the molecule is CCCNC(C)C(CC)c1nc(-c2ncccc2Cl)no1. The maximum absolute atomic E-state index is 6.12. The van der Waals surface area contributed by atoms with Crippen LogP contribution in [0.3, 0.4) is 0 Å². The van der Waals surface area contributed by atoms with Crippen molar-refractivity contribution < 1.29 is 4.52 Å². The highest BCUT2D eigenvalue weighted by atomic mass is 35.5. The summed E-state index contributed by atoms with van der Waals surface area (Å²) in [6, 6.07) is 3.82. The molecule has 2 aromatic rings. The molecule has 2 heterocycles. The second kappa shape index (κ2) is 7.52. The van der Waals surface area contributed by atoms with E-state index in [1.54, 1.807) is 18.3 Å². The zero-order chi connectivity index (χ0) is 15.2. The lowest BCUT2D eigenvalue weighted by Crippen LogP contribution is -2.32. The minimum Gasteiger partial charge on any atom is -0.339 e. The molecule has 5 nitrogen and oxygen atoms in total. The van der Waals surface area contributed by atoms with E-state index in [4.69, 9.17) is 16.1 Å². The topological polar surface area (TPSA) is 63.8 Å². The third-order valence-corrected chi connectivity index (χ3v) is 3.79. The number of rotatable bonds is 7. The second-order valence-electron chi connectivity index (χ2n) is 5.05. The van der Waals surface area contributed by atoms with Crippen molar-refractivity contribution in [3.63, 3.8) is 0 Å². The number of hydrogen-bond donors (Lipinski definition) is 1. The highest BCUT2D eigenvalue weighted by Crippen LogP contribution is 2.27. The summed E-state index contributed by atoms with van der Waals surface area (Å²) >= 11 is 6.12. The average Bonchev–Trinajstić information content (AvgIpc) is 2.95. The van der Waals surface area contributed by atoms with E-state index in [2.05, 4.69) is 41.2 Å². The predicted octanol–water partition coefficient (Wildman–Crippen LogP) is 3.67. The number of nitrogens with zero attached hydrogens (tertiary/aromatic N) is 3. The smallest absolute Gasteiger partial charge is 0.231 e. The van der Waals surface area contributed by atoms with Crippen molar-refractivity contribution >= 4 is 11.6 Å². The Labute approximate surface area is 130 Å². The number of nitrogens with one attached hydrogen (secondary N) is 1. The molecule has 2 rings (SSSR count). The molecule has 0 aliphatic rings. The fourth-order valence-corrected chi connectivity index (χ4v) is 2.49. The highest BCUT2D eigenvalue weighted by molar-refractivity contribution is 6.32. The molecule has 0 radical (unpaired) electrons. The fourth-order valence-electron chi connectivity index (χ4n) is 2.29. The summed E-state index contributed by atoms with van der Waals surface area (Å²) in [5.74, 6) is 1.25. The standard InChI is InChI=1S/C15H21ClN4O/c1-4-8-17-10(3)11(5-2)15-19-14(20-21-15)13-12(16)7-6-9-18-13/h6-7,9-11,17H,4-5,8H2,1-3H3. The minimum absolute atomic E-state index is 0.181. The zero-order valence-electron chi connectivity index (χ0n) is 12.6. The van der Waals surface area contributed by atoms with Gasteiger partial charge >= 0.3 is 0 Å². The quantitative estimate of drug-likeness (QED) is 0.845. The lowest BCUT2D eigenvalue weighted by molar-refractivity contribution is 0.316. The van der Waals surface area contributed by atoms with Crippen LogP contribution in [0.5, 0.6) is 0 Å². The molecule has 6 heteroatoms. The molecule has 0 aliphatic carbocycles. The summed E-state index contributed by atoms with van der Waals surface area (Å²) in [6.45, 7) is 7.38. The third-order valence-electron chi connectivity index (χ3n) is 3.49. The van der Waals surface area contributed by atoms with Gasteiger partial charge in [-0.3, -0.25) is 4.98 Å². The Hall–Kier alpha value is -1.46. The van der Waals surface area contributed by atoms with E-state index in [0.717, 1.165) is 19.4 Å². The van der Waals surface area contributed by atoms with Crippen LogP contribution in [-0.2, 0) is 0 Å². The highest BCUT2D eigenvalue weighted by Gasteiger charge is 2.24. The molecule has 114 valence electrons. The molecule has 0 bridgehead atoms. The van der Waals surface area contributed by atoms with Gasteiger partial charge < -0.3 is 9.84 Å². The van der Waals surface area contributed by atoms with E-state index >= 15 is 0 Å². The average molecular weight is 309 g/mol. The molecule has 0 saturated heterocycles. The number of pyridine rings is 1. The van der Waals surface area contributed by atoms with E-state index < -0.39 is 0 Å². The first-order chi connectivity index (χ1) is 10.2. The normalized spacial score (nSPS) is 14.1. The van der Waals surface area contributed by atoms with Crippen LogP contribution in [0.1, 0.15) is 45.4 Å². The lowest BCUT2D eigenvalue weighted by Gasteiger charge is -2.20. The molecule has 0 fully saturated rings. The fraction of sp³-hybridized carbons (Fsp3) is 0.533. The molecule has 21 heavy (non-hydrogen) atoms. The van der Waals surface area contributed by atoms with Crippen LogP contribution in [0.25, 0.3) is 11.5 Å². The van der Waals surface area contributed by atoms with Crippen LogP contribution >= 0.6 is 11.6 Å². The van der Waals surface area contributed by atoms with Gasteiger partial charge in [0, 0.05) is 12.2 Å². The number of hydrogen-bond acceptors (Lipinski definition) is 5. The van der Waals surface area contributed by atoms with Gasteiger partial charge in [-0.05, 0) is 38.4 Å². The van der Waals surface area contributed by atoms with Crippen LogP contribution in [0, 0.1) is 0 Å². The Morgan fingerprint density at radius 1 is 1.38 bits per heavy atom. The lowest BCUT2D eigenvalue weighted by atomic mass is 9.98. The summed E-state index contributed by atoms with van der Waals surface area (Å²) < 4.78 is 5.43. The second-order valence-corrected chi connectivity index (χ2v) is 5.45. The Morgan fingerprint density at radius 2 is 2.19 bits per heavy atom. The van der Waals surface area contributed by atoms with Crippen LogP contribution < -0.4 is 5.32 Å². The summed E-state index contributed by atoms with van der Waals surface area (Å²) in [5, 5.41) is 8.01. The van der Waals surface area contributed by atoms with Crippen LogP contribution in [-0.4, -0.2) is 27.7 Å². The Balaban J connectivity index is 2.20. The van der Waals surface area contributed by atoms with E-state index in [-0.39, 0.29) is 12.0 Å². The van der Waals surface area contributed by atoms with E-state index in [1.807, 2.05) is 0 Å². The van der Waals surface area contributed by atoms with Crippen molar-refractivity contribution in [3.8, 4) is 11.5 Å². The van der Waals surface area contributed by atoms with Gasteiger partial charge in [-0.2, -0.15) is 4.98 Å². The van der Waals surface area contributed by atoms with Crippen LogP contribution in [0.15, 0.2) is 22.9 Å². The van der Waals surface area contributed by atoms with Gasteiger partial charge in [0.15, 0.2) is 0 Å². The Kier molecular flexibility index (Phi) is 5.70. The predicted molar refractivity (Wildman–Crippen MR) is 83.3 cm³/mol. The van der Waals surface area contributed by atoms with Crippen molar-refractivity contribution in [2.45, 2.75) is 45.6 Å². The summed E-state index contributed by atoms with van der Waals surface area (Å²) in [5.41, 5.74) is 0.554. The molecule has 2 aromatic heterocycles. The minimum atomic E-state index is 0.181.